The third-order valence-electron chi connectivity index (χ3n) is 3.85. The number of nitrogens with zero attached hydrogens (tertiary/aromatic N) is 3. The summed E-state index contributed by atoms with van der Waals surface area (Å²) in [7, 11) is 2.00. The zero-order valence-electron chi connectivity index (χ0n) is 12.4. The summed E-state index contributed by atoms with van der Waals surface area (Å²) >= 11 is 0. The zero-order valence-corrected chi connectivity index (χ0v) is 12.4. The number of hydrogen-bond donors (Lipinski definition) is 1. The van der Waals surface area contributed by atoms with Crippen molar-refractivity contribution >= 4 is 5.96 Å². The van der Waals surface area contributed by atoms with Crippen molar-refractivity contribution in [2.45, 2.75) is 38.0 Å². The lowest BCUT2D eigenvalue weighted by atomic mass is 10.2. The van der Waals surface area contributed by atoms with E-state index < -0.39 is 0 Å². The number of pyridine rings is 1. The summed E-state index contributed by atoms with van der Waals surface area (Å²) in [5, 5.41) is 0. The number of nitrogens with two attached hydrogens (primary N) is 1. The monoisotopic (exact) mass is 290 g/mol. The number of aliphatic imine (C=N–C) groups is 1. The van der Waals surface area contributed by atoms with Gasteiger partial charge in [0.05, 0.1) is 19.8 Å². The van der Waals surface area contributed by atoms with Crippen LogP contribution >= 0.6 is 0 Å². The second kappa shape index (κ2) is 6.30. The normalized spacial score (nSPS) is 22.3. The topological polar surface area (TPSA) is 73.0 Å². The Morgan fingerprint density at radius 1 is 1.52 bits per heavy atom. The fraction of sp³-hybridized carbons (Fsp3) is 0.600. The molecule has 0 bridgehead atoms. The van der Waals surface area contributed by atoms with Crippen LogP contribution in [-0.4, -0.2) is 48.3 Å². The Morgan fingerprint density at radius 2 is 2.38 bits per heavy atom. The molecule has 1 aromatic rings. The Kier molecular flexibility index (Phi) is 4.24. The van der Waals surface area contributed by atoms with Gasteiger partial charge >= 0.3 is 0 Å². The van der Waals surface area contributed by atoms with Crippen molar-refractivity contribution in [2.75, 3.05) is 20.3 Å². The smallest absolute Gasteiger partial charge is 0.213 e. The van der Waals surface area contributed by atoms with Gasteiger partial charge in [-0.25, -0.2) is 9.98 Å². The number of rotatable bonds is 5. The van der Waals surface area contributed by atoms with Gasteiger partial charge in [0.2, 0.25) is 5.88 Å². The molecule has 0 spiro atoms. The van der Waals surface area contributed by atoms with Gasteiger partial charge in [-0.2, -0.15) is 0 Å². The van der Waals surface area contributed by atoms with E-state index in [1.165, 1.54) is 12.8 Å². The van der Waals surface area contributed by atoms with Crippen LogP contribution in [0.15, 0.2) is 23.3 Å². The van der Waals surface area contributed by atoms with Crippen LogP contribution in [0.5, 0.6) is 5.88 Å². The Labute approximate surface area is 125 Å². The molecule has 2 N–H and O–H groups in total. The molecular weight excluding hydrogens is 268 g/mol. The van der Waals surface area contributed by atoms with Gasteiger partial charge in [0.15, 0.2) is 5.96 Å². The first-order valence-electron chi connectivity index (χ1n) is 7.44. The van der Waals surface area contributed by atoms with Crippen molar-refractivity contribution in [2.24, 2.45) is 10.7 Å². The molecule has 1 aliphatic carbocycles. The Hall–Kier alpha value is -1.82. The summed E-state index contributed by atoms with van der Waals surface area (Å²) < 4.78 is 11.1. The molecule has 3 rings (SSSR count). The minimum Gasteiger partial charge on any atom is -0.472 e. The molecule has 1 saturated carbocycles. The van der Waals surface area contributed by atoms with E-state index in [2.05, 4.69) is 14.9 Å². The first-order valence-corrected chi connectivity index (χ1v) is 7.44. The maximum absolute atomic E-state index is 5.99. The molecule has 1 saturated heterocycles. The van der Waals surface area contributed by atoms with Crippen LogP contribution in [-0.2, 0) is 11.3 Å². The summed E-state index contributed by atoms with van der Waals surface area (Å²) in [6.07, 6.45) is 5.20. The van der Waals surface area contributed by atoms with Crippen LogP contribution in [0.25, 0.3) is 0 Å². The first kappa shape index (κ1) is 14.1. The highest BCUT2D eigenvalue weighted by atomic mass is 16.5. The Balaban J connectivity index is 1.58. The predicted molar refractivity (Wildman–Crippen MR) is 80.2 cm³/mol. The summed E-state index contributed by atoms with van der Waals surface area (Å²) in [5.74, 6) is 1.23. The molecule has 0 aromatic carbocycles. The molecular formula is C15H22N4O2. The molecule has 2 heterocycles. The van der Waals surface area contributed by atoms with E-state index in [9.17, 15) is 0 Å². The molecule has 2 fully saturated rings. The lowest BCUT2D eigenvalue weighted by Gasteiger charge is -2.17. The minimum absolute atomic E-state index is 0.113. The van der Waals surface area contributed by atoms with E-state index in [1.807, 2.05) is 19.2 Å². The van der Waals surface area contributed by atoms with Crippen molar-refractivity contribution in [1.29, 1.82) is 0 Å². The number of ether oxygens (including phenoxy) is 2. The SMILES string of the molecule is CN(C(N)=NCc1ccnc(OC2CCOC2)c1)C1CC1. The summed E-state index contributed by atoms with van der Waals surface area (Å²) in [5.41, 5.74) is 7.04. The molecule has 0 amide bonds. The zero-order chi connectivity index (χ0) is 14.7. The van der Waals surface area contributed by atoms with Gasteiger partial charge in [0.1, 0.15) is 6.10 Å². The summed E-state index contributed by atoms with van der Waals surface area (Å²) in [6.45, 7) is 1.95. The number of guanidine groups is 1. The standard InChI is InChI=1S/C15H22N4O2/c1-19(12-2-3-12)15(16)18-9-11-4-6-17-14(8-11)21-13-5-7-20-10-13/h4,6,8,12-13H,2-3,5,7,9-10H2,1H3,(H2,16,18). The van der Waals surface area contributed by atoms with E-state index in [0.29, 0.717) is 31.0 Å². The lowest BCUT2D eigenvalue weighted by Crippen LogP contribution is -2.35. The molecule has 21 heavy (non-hydrogen) atoms. The van der Waals surface area contributed by atoms with Crippen molar-refractivity contribution in [3.63, 3.8) is 0 Å². The van der Waals surface area contributed by atoms with Crippen LogP contribution in [0.3, 0.4) is 0 Å². The highest BCUT2D eigenvalue weighted by Gasteiger charge is 2.27. The quantitative estimate of drug-likeness (QED) is 0.650. The molecule has 1 aromatic heterocycles. The van der Waals surface area contributed by atoms with Gasteiger partial charge in [0, 0.05) is 31.8 Å². The molecule has 6 nitrogen and oxygen atoms in total. The highest BCUT2D eigenvalue weighted by Crippen LogP contribution is 2.25. The number of hydrogen-bond acceptors (Lipinski definition) is 4. The van der Waals surface area contributed by atoms with Gasteiger partial charge in [-0.1, -0.05) is 0 Å². The van der Waals surface area contributed by atoms with E-state index in [-0.39, 0.29) is 6.10 Å². The fourth-order valence-electron chi connectivity index (χ4n) is 2.32. The molecule has 1 atom stereocenters. The van der Waals surface area contributed by atoms with Gasteiger partial charge in [0.25, 0.3) is 0 Å². The van der Waals surface area contributed by atoms with Crippen molar-refractivity contribution < 1.29 is 9.47 Å². The van der Waals surface area contributed by atoms with Crippen LogP contribution in [0, 0.1) is 0 Å². The summed E-state index contributed by atoms with van der Waals surface area (Å²) in [4.78, 5) is 10.7. The maximum Gasteiger partial charge on any atom is 0.213 e. The fourth-order valence-corrected chi connectivity index (χ4v) is 2.32. The minimum atomic E-state index is 0.113. The van der Waals surface area contributed by atoms with Crippen molar-refractivity contribution in [3.05, 3.63) is 23.9 Å². The largest absolute Gasteiger partial charge is 0.472 e. The molecule has 2 aliphatic rings. The predicted octanol–water partition coefficient (Wildman–Crippen LogP) is 1.16. The van der Waals surface area contributed by atoms with Crippen LogP contribution in [0.4, 0.5) is 0 Å². The van der Waals surface area contributed by atoms with Gasteiger partial charge < -0.3 is 20.1 Å². The molecule has 6 heteroatoms. The molecule has 0 radical (unpaired) electrons. The van der Waals surface area contributed by atoms with Crippen LogP contribution in [0.2, 0.25) is 0 Å². The van der Waals surface area contributed by atoms with Gasteiger partial charge in [-0.3, -0.25) is 0 Å². The second-order valence-electron chi connectivity index (χ2n) is 5.62. The van der Waals surface area contributed by atoms with E-state index in [0.717, 1.165) is 18.6 Å². The van der Waals surface area contributed by atoms with Crippen LogP contribution in [0.1, 0.15) is 24.8 Å². The lowest BCUT2D eigenvalue weighted by molar-refractivity contribution is 0.138. The van der Waals surface area contributed by atoms with Crippen molar-refractivity contribution in [1.82, 2.24) is 9.88 Å². The molecule has 114 valence electrons. The maximum atomic E-state index is 5.99. The first-order chi connectivity index (χ1) is 10.2. The average Bonchev–Trinajstić information content (AvgIpc) is 3.23. The Morgan fingerprint density at radius 3 is 3.10 bits per heavy atom. The third-order valence-corrected chi connectivity index (χ3v) is 3.85. The van der Waals surface area contributed by atoms with Gasteiger partial charge in [-0.15, -0.1) is 0 Å². The highest BCUT2D eigenvalue weighted by molar-refractivity contribution is 5.78. The van der Waals surface area contributed by atoms with Gasteiger partial charge in [-0.05, 0) is 24.5 Å². The molecule has 1 unspecified atom stereocenters. The van der Waals surface area contributed by atoms with E-state index in [4.69, 9.17) is 15.2 Å². The van der Waals surface area contributed by atoms with Crippen LogP contribution < -0.4 is 10.5 Å². The summed E-state index contributed by atoms with van der Waals surface area (Å²) in [6, 6.07) is 4.44. The molecule has 1 aliphatic heterocycles. The van der Waals surface area contributed by atoms with E-state index >= 15 is 0 Å². The second-order valence-corrected chi connectivity index (χ2v) is 5.62. The van der Waals surface area contributed by atoms with E-state index in [1.54, 1.807) is 6.20 Å². The Bertz CT molecular complexity index is 510. The van der Waals surface area contributed by atoms with Crippen molar-refractivity contribution in [3.8, 4) is 5.88 Å². The number of aromatic nitrogens is 1. The third kappa shape index (κ3) is 3.85. The average molecular weight is 290 g/mol.